The summed E-state index contributed by atoms with van der Waals surface area (Å²) >= 11 is 0. The fraction of sp³-hybridized carbons (Fsp3) is 0.261. The largest absolute Gasteiger partial charge is 0.491 e. The van der Waals surface area contributed by atoms with Crippen LogP contribution in [0.4, 0.5) is 11.8 Å². The van der Waals surface area contributed by atoms with Gasteiger partial charge in [0.15, 0.2) is 0 Å². The van der Waals surface area contributed by atoms with Gasteiger partial charge < -0.3 is 15.8 Å². The van der Waals surface area contributed by atoms with Crippen LogP contribution in [0.2, 0.25) is 0 Å². The molecule has 0 radical (unpaired) electrons. The van der Waals surface area contributed by atoms with Crippen molar-refractivity contribution in [2.45, 2.75) is 33.0 Å². The molecule has 0 aliphatic heterocycles. The number of nitrogens with one attached hydrogen (secondary N) is 1. The molecular weight excluding hydrogens is 392 g/mol. The van der Waals surface area contributed by atoms with Gasteiger partial charge in [-0.1, -0.05) is 30.3 Å². The zero-order valence-corrected chi connectivity index (χ0v) is 17.9. The highest BCUT2D eigenvalue weighted by Gasteiger charge is 2.12. The number of nitrogens with zero attached hydrogens (tertiary/aromatic N) is 4. The summed E-state index contributed by atoms with van der Waals surface area (Å²) < 4.78 is 9.20. The molecule has 4 rings (SSSR count). The van der Waals surface area contributed by atoms with Crippen molar-refractivity contribution in [3.63, 3.8) is 0 Å². The van der Waals surface area contributed by atoms with Crippen molar-refractivity contribution in [3.8, 4) is 5.75 Å². The molecule has 0 aliphatic rings. The minimum atomic E-state index is -0.104. The Morgan fingerprint density at radius 3 is 2.55 bits per heavy atom. The van der Waals surface area contributed by atoms with Crippen LogP contribution in [0, 0.1) is 0 Å². The summed E-state index contributed by atoms with van der Waals surface area (Å²) in [5, 5.41) is 3.29. The monoisotopic (exact) mass is 418 g/mol. The number of fused-ring (bicyclic) bond motifs is 1. The molecule has 0 amide bonds. The predicted octanol–water partition coefficient (Wildman–Crippen LogP) is 3.16. The molecule has 0 spiro atoms. The Labute approximate surface area is 180 Å². The van der Waals surface area contributed by atoms with E-state index in [-0.39, 0.29) is 17.7 Å². The van der Waals surface area contributed by atoms with Crippen LogP contribution in [0.5, 0.6) is 5.75 Å². The summed E-state index contributed by atoms with van der Waals surface area (Å²) in [6.45, 7) is 4.81. The Morgan fingerprint density at radius 1 is 1.06 bits per heavy atom. The molecule has 0 saturated heterocycles. The second kappa shape index (κ2) is 8.51. The van der Waals surface area contributed by atoms with Crippen LogP contribution in [0.25, 0.3) is 11.0 Å². The van der Waals surface area contributed by atoms with Crippen LogP contribution in [0.15, 0.2) is 59.4 Å². The lowest BCUT2D eigenvalue weighted by Gasteiger charge is -2.15. The maximum Gasteiger partial charge on any atom is 0.329 e. The number of hydrogen-bond donors (Lipinski definition) is 2. The van der Waals surface area contributed by atoms with E-state index in [2.05, 4.69) is 15.3 Å². The Bertz CT molecular complexity index is 1270. The van der Waals surface area contributed by atoms with Gasteiger partial charge in [-0.2, -0.15) is 4.98 Å². The second-order valence-electron chi connectivity index (χ2n) is 7.65. The van der Waals surface area contributed by atoms with Crippen LogP contribution in [0.1, 0.15) is 25.1 Å². The molecule has 2 aromatic heterocycles. The van der Waals surface area contributed by atoms with Crippen LogP contribution < -0.4 is 21.5 Å². The first-order valence-corrected chi connectivity index (χ1v) is 10.2. The van der Waals surface area contributed by atoms with E-state index in [0.717, 1.165) is 22.3 Å². The molecule has 3 N–H and O–H groups in total. The summed E-state index contributed by atoms with van der Waals surface area (Å²) in [5.74, 6) is 1.57. The van der Waals surface area contributed by atoms with Crippen molar-refractivity contribution in [3.05, 3.63) is 76.3 Å². The number of nitrogen functional groups attached to an aromatic ring is 1. The van der Waals surface area contributed by atoms with Gasteiger partial charge in [0.1, 0.15) is 11.6 Å². The summed E-state index contributed by atoms with van der Waals surface area (Å²) in [6.07, 6.45) is 0.0847. The van der Waals surface area contributed by atoms with Crippen molar-refractivity contribution in [1.29, 1.82) is 0 Å². The smallest absolute Gasteiger partial charge is 0.329 e. The number of benzene rings is 2. The number of anilines is 2. The molecular formula is C23H26N6O2. The highest BCUT2D eigenvalue weighted by atomic mass is 16.5. The molecule has 2 aromatic carbocycles. The normalized spacial score (nSPS) is 11.2. The first-order chi connectivity index (χ1) is 14.9. The summed E-state index contributed by atoms with van der Waals surface area (Å²) in [6, 6.07) is 17.4. The zero-order chi connectivity index (χ0) is 22.0. The predicted molar refractivity (Wildman–Crippen MR) is 122 cm³/mol. The second-order valence-corrected chi connectivity index (χ2v) is 7.65. The molecule has 8 heteroatoms. The molecule has 2 heterocycles. The van der Waals surface area contributed by atoms with E-state index < -0.39 is 0 Å². The van der Waals surface area contributed by atoms with Gasteiger partial charge in [-0.25, -0.2) is 9.78 Å². The van der Waals surface area contributed by atoms with Crippen molar-refractivity contribution in [1.82, 2.24) is 19.1 Å². The van der Waals surface area contributed by atoms with Crippen LogP contribution in [-0.2, 0) is 20.1 Å². The van der Waals surface area contributed by atoms with Gasteiger partial charge in [-0.15, -0.1) is 0 Å². The molecule has 4 aromatic rings. The molecule has 0 bridgehead atoms. The third-order valence-electron chi connectivity index (χ3n) is 4.96. The minimum Gasteiger partial charge on any atom is -0.491 e. The van der Waals surface area contributed by atoms with Gasteiger partial charge in [-0.3, -0.25) is 9.13 Å². The Hall–Kier alpha value is -3.81. The topological polar surface area (TPSA) is 100.0 Å². The van der Waals surface area contributed by atoms with Crippen LogP contribution >= 0.6 is 0 Å². The first kappa shape index (κ1) is 20.5. The first-order valence-electron chi connectivity index (χ1n) is 10.2. The highest BCUT2D eigenvalue weighted by molar-refractivity contribution is 5.76. The van der Waals surface area contributed by atoms with E-state index >= 15 is 0 Å². The van der Waals surface area contributed by atoms with E-state index in [1.807, 2.05) is 68.4 Å². The molecule has 31 heavy (non-hydrogen) atoms. The molecule has 0 fully saturated rings. The van der Waals surface area contributed by atoms with Crippen LogP contribution in [-0.4, -0.2) is 25.2 Å². The van der Waals surface area contributed by atoms with Crippen molar-refractivity contribution >= 4 is 22.8 Å². The van der Waals surface area contributed by atoms with Crippen molar-refractivity contribution in [2.75, 3.05) is 11.1 Å². The maximum atomic E-state index is 12.7. The number of ether oxygens (including phenoxy) is 1. The average molecular weight is 419 g/mol. The lowest BCUT2D eigenvalue weighted by molar-refractivity contribution is 0.240. The number of imidazole rings is 1. The third kappa shape index (κ3) is 4.37. The molecule has 0 atom stereocenters. The quantitative estimate of drug-likeness (QED) is 0.478. The summed E-state index contributed by atoms with van der Waals surface area (Å²) in [4.78, 5) is 21.3. The summed E-state index contributed by atoms with van der Waals surface area (Å²) in [5.41, 5.74) is 9.24. The van der Waals surface area contributed by atoms with Gasteiger partial charge >= 0.3 is 5.69 Å². The summed E-state index contributed by atoms with van der Waals surface area (Å²) in [7, 11) is 1.76. The Kier molecular flexibility index (Phi) is 5.62. The van der Waals surface area contributed by atoms with Gasteiger partial charge in [0.2, 0.25) is 5.95 Å². The van der Waals surface area contributed by atoms with E-state index in [1.54, 1.807) is 16.2 Å². The highest BCUT2D eigenvalue weighted by Crippen LogP contribution is 2.21. The van der Waals surface area contributed by atoms with E-state index in [9.17, 15) is 4.79 Å². The number of hydrogen-bond acceptors (Lipinski definition) is 6. The van der Waals surface area contributed by atoms with E-state index in [0.29, 0.717) is 24.6 Å². The number of aromatic nitrogens is 4. The Balaban J connectivity index is 1.58. The van der Waals surface area contributed by atoms with Gasteiger partial charge in [-0.05, 0) is 32.0 Å². The van der Waals surface area contributed by atoms with Crippen LogP contribution in [0.3, 0.4) is 0 Å². The standard InChI is InChI=1S/C23H26N6O2/c1-15(2)31-20-11-7-4-8-16(20)13-25-21-12-17(26-22(24)27-21)14-29-19-10-6-5-9-18(19)28(3)23(29)30/h4-12,15H,13-14H2,1-3H3,(H3,24,25,26,27). The van der Waals surface area contributed by atoms with E-state index in [4.69, 9.17) is 10.5 Å². The maximum absolute atomic E-state index is 12.7. The molecule has 0 saturated carbocycles. The zero-order valence-electron chi connectivity index (χ0n) is 17.9. The number of aryl methyl sites for hydroxylation is 1. The molecule has 0 unspecified atom stereocenters. The fourth-order valence-electron chi connectivity index (χ4n) is 3.57. The number of rotatable bonds is 7. The van der Waals surface area contributed by atoms with Gasteiger partial charge in [0.05, 0.1) is 29.4 Å². The van der Waals surface area contributed by atoms with Gasteiger partial charge in [0, 0.05) is 25.2 Å². The Morgan fingerprint density at radius 2 is 1.77 bits per heavy atom. The number of nitrogens with two attached hydrogens (primary N) is 1. The molecule has 8 nitrogen and oxygen atoms in total. The van der Waals surface area contributed by atoms with Gasteiger partial charge in [0.25, 0.3) is 0 Å². The number of para-hydroxylation sites is 3. The fourth-order valence-corrected chi connectivity index (χ4v) is 3.57. The lowest BCUT2D eigenvalue weighted by atomic mass is 10.2. The average Bonchev–Trinajstić information content (AvgIpc) is 2.97. The molecule has 160 valence electrons. The van der Waals surface area contributed by atoms with Crippen molar-refractivity contribution in [2.24, 2.45) is 7.05 Å². The lowest BCUT2D eigenvalue weighted by Crippen LogP contribution is -2.23. The third-order valence-corrected chi connectivity index (χ3v) is 4.96. The SMILES string of the molecule is CC(C)Oc1ccccc1CNc1cc(Cn2c(=O)n(C)c3ccccc32)nc(N)n1. The molecule has 0 aliphatic carbocycles. The van der Waals surface area contributed by atoms with E-state index in [1.165, 1.54) is 0 Å². The van der Waals surface area contributed by atoms with Crippen molar-refractivity contribution < 1.29 is 4.74 Å². The minimum absolute atomic E-state index is 0.0847.